The Morgan fingerprint density at radius 1 is 1.53 bits per heavy atom. The van der Waals surface area contributed by atoms with Gasteiger partial charge in [-0.3, -0.25) is 0 Å². The van der Waals surface area contributed by atoms with Crippen molar-refractivity contribution >= 4 is 11.2 Å². The number of hydrogen-bond donors (Lipinski definition) is 1. The van der Waals surface area contributed by atoms with Crippen LogP contribution in [0.5, 0.6) is 0 Å². The zero-order valence-corrected chi connectivity index (χ0v) is 10.0. The van der Waals surface area contributed by atoms with Gasteiger partial charge in [0.05, 0.1) is 5.69 Å². The van der Waals surface area contributed by atoms with Crippen molar-refractivity contribution in [2.45, 2.75) is 6.42 Å². The summed E-state index contributed by atoms with van der Waals surface area (Å²) in [6.07, 6.45) is 2.58. The highest BCUT2D eigenvalue weighted by molar-refractivity contribution is 5.78. The molecule has 0 aliphatic carbocycles. The summed E-state index contributed by atoms with van der Waals surface area (Å²) in [6, 6.07) is 6.07. The summed E-state index contributed by atoms with van der Waals surface area (Å²) in [4.78, 5) is 6.31. The van der Waals surface area contributed by atoms with Crippen LogP contribution >= 0.6 is 0 Å². The fourth-order valence-corrected chi connectivity index (χ4v) is 1.93. The first-order chi connectivity index (χ1) is 8.19. The van der Waals surface area contributed by atoms with Gasteiger partial charge in [0.1, 0.15) is 17.4 Å². The van der Waals surface area contributed by atoms with Gasteiger partial charge in [-0.05, 0) is 18.7 Å². The smallest absolute Gasteiger partial charge is 0.168 e. The molecular weight excluding hydrogens is 214 g/mol. The summed E-state index contributed by atoms with van der Waals surface area (Å²) in [6.45, 7) is 0.524. The number of pyridine rings is 1. The maximum absolute atomic E-state index is 9.15. The van der Waals surface area contributed by atoms with Gasteiger partial charge in [0.15, 0.2) is 5.69 Å². The lowest BCUT2D eigenvalue weighted by Crippen LogP contribution is -2.11. The molecule has 2 aromatic rings. The molecule has 5 nitrogen and oxygen atoms in total. The van der Waals surface area contributed by atoms with Crippen LogP contribution in [0.1, 0.15) is 11.5 Å². The molecule has 0 bridgehead atoms. The zero-order chi connectivity index (χ0) is 12.4. The maximum atomic E-state index is 9.15. The number of nitrogens with two attached hydrogens (primary N) is 1. The third-order valence-electron chi connectivity index (χ3n) is 2.67. The molecule has 88 valence electrons. The largest absolute Gasteiger partial charge is 0.376 e. The molecule has 17 heavy (non-hydrogen) atoms. The second-order valence-electron chi connectivity index (χ2n) is 4.03. The first-order valence-corrected chi connectivity index (χ1v) is 5.46. The lowest BCUT2D eigenvalue weighted by atomic mass is 10.3. The van der Waals surface area contributed by atoms with Crippen molar-refractivity contribution < 1.29 is 0 Å². The molecule has 0 aromatic carbocycles. The Hall–Kier alpha value is -2.06. The molecule has 0 amide bonds. The first-order valence-electron chi connectivity index (χ1n) is 5.46. The molecule has 0 atom stereocenters. The van der Waals surface area contributed by atoms with Crippen molar-refractivity contribution in [1.29, 1.82) is 5.26 Å². The highest BCUT2D eigenvalue weighted by Crippen LogP contribution is 2.24. The van der Waals surface area contributed by atoms with Crippen molar-refractivity contribution in [1.82, 2.24) is 9.38 Å². The van der Waals surface area contributed by atoms with E-state index in [0.29, 0.717) is 18.7 Å². The van der Waals surface area contributed by atoms with Crippen LogP contribution < -0.4 is 10.6 Å². The van der Waals surface area contributed by atoms with Crippen LogP contribution in [0.2, 0.25) is 0 Å². The Kier molecular flexibility index (Phi) is 2.98. The van der Waals surface area contributed by atoms with Crippen LogP contribution in [0.4, 0.5) is 5.69 Å². The van der Waals surface area contributed by atoms with Crippen LogP contribution in [-0.4, -0.2) is 30.0 Å². The van der Waals surface area contributed by atoms with Gasteiger partial charge in [-0.1, -0.05) is 0 Å². The van der Waals surface area contributed by atoms with Crippen LogP contribution in [0.15, 0.2) is 18.3 Å². The van der Waals surface area contributed by atoms with E-state index in [1.54, 1.807) is 0 Å². The van der Waals surface area contributed by atoms with E-state index in [0.717, 1.165) is 17.0 Å². The quantitative estimate of drug-likeness (QED) is 0.844. The Morgan fingerprint density at radius 2 is 2.29 bits per heavy atom. The predicted octanol–water partition coefficient (Wildman–Crippen LogP) is 0.773. The van der Waals surface area contributed by atoms with Gasteiger partial charge < -0.3 is 15.0 Å². The Labute approximate surface area is 100 Å². The molecule has 0 unspecified atom stereocenters. The highest BCUT2D eigenvalue weighted by Gasteiger charge is 2.14. The number of hydrogen-bond acceptors (Lipinski definition) is 4. The molecule has 0 saturated carbocycles. The number of nitriles is 1. The van der Waals surface area contributed by atoms with E-state index in [4.69, 9.17) is 11.0 Å². The Morgan fingerprint density at radius 3 is 2.88 bits per heavy atom. The van der Waals surface area contributed by atoms with Crippen molar-refractivity contribution in [3.63, 3.8) is 0 Å². The summed E-state index contributed by atoms with van der Waals surface area (Å²) >= 11 is 0. The maximum Gasteiger partial charge on any atom is 0.168 e. The minimum Gasteiger partial charge on any atom is -0.376 e. The second-order valence-corrected chi connectivity index (χ2v) is 4.03. The average molecular weight is 229 g/mol. The Bertz CT molecular complexity index is 576. The molecule has 0 fully saturated rings. The van der Waals surface area contributed by atoms with E-state index in [1.807, 2.05) is 41.7 Å². The monoisotopic (exact) mass is 229 g/mol. The van der Waals surface area contributed by atoms with E-state index >= 15 is 0 Å². The number of imidazole rings is 1. The lowest BCUT2D eigenvalue weighted by molar-refractivity contribution is 0.861. The van der Waals surface area contributed by atoms with Crippen molar-refractivity contribution in [3.05, 3.63) is 29.8 Å². The van der Waals surface area contributed by atoms with Crippen LogP contribution in [0.3, 0.4) is 0 Å². The molecule has 0 aliphatic heterocycles. The molecule has 2 heterocycles. The number of rotatable bonds is 3. The van der Waals surface area contributed by atoms with Gasteiger partial charge >= 0.3 is 0 Å². The van der Waals surface area contributed by atoms with Crippen LogP contribution in [-0.2, 0) is 6.42 Å². The number of fused-ring (bicyclic) bond motifs is 1. The third kappa shape index (κ3) is 1.83. The minimum absolute atomic E-state index is 0.456. The summed E-state index contributed by atoms with van der Waals surface area (Å²) < 4.78 is 1.95. The minimum atomic E-state index is 0.456. The van der Waals surface area contributed by atoms with Gasteiger partial charge in [0.25, 0.3) is 0 Å². The molecule has 2 N–H and O–H groups in total. The number of nitrogens with zero attached hydrogens (tertiary/aromatic N) is 4. The molecule has 0 aliphatic rings. The van der Waals surface area contributed by atoms with Gasteiger partial charge in [-0.25, -0.2) is 4.98 Å². The molecule has 5 heteroatoms. The number of anilines is 1. The van der Waals surface area contributed by atoms with E-state index in [9.17, 15) is 0 Å². The van der Waals surface area contributed by atoms with Gasteiger partial charge in [-0.15, -0.1) is 0 Å². The summed E-state index contributed by atoms with van der Waals surface area (Å²) in [7, 11) is 3.90. The van der Waals surface area contributed by atoms with Crippen molar-refractivity contribution in [2.75, 3.05) is 25.5 Å². The number of aromatic nitrogens is 2. The van der Waals surface area contributed by atoms with Crippen molar-refractivity contribution in [3.8, 4) is 6.07 Å². The first kappa shape index (κ1) is 11.4. The lowest BCUT2D eigenvalue weighted by Gasteiger charge is -2.14. The van der Waals surface area contributed by atoms with Gasteiger partial charge in [0.2, 0.25) is 0 Å². The summed E-state index contributed by atoms with van der Waals surface area (Å²) in [5, 5.41) is 9.15. The van der Waals surface area contributed by atoms with Crippen LogP contribution in [0.25, 0.3) is 5.52 Å². The topological polar surface area (TPSA) is 70.3 Å². The molecule has 0 spiro atoms. The van der Waals surface area contributed by atoms with Crippen LogP contribution in [0, 0.1) is 11.3 Å². The van der Waals surface area contributed by atoms with Gasteiger partial charge in [0, 0.05) is 26.7 Å². The predicted molar refractivity (Wildman–Crippen MR) is 67.0 cm³/mol. The zero-order valence-electron chi connectivity index (χ0n) is 10.0. The molecule has 2 rings (SSSR count). The summed E-state index contributed by atoms with van der Waals surface area (Å²) in [5.41, 5.74) is 7.85. The van der Waals surface area contributed by atoms with E-state index in [2.05, 4.69) is 11.1 Å². The van der Waals surface area contributed by atoms with Gasteiger partial charge in [-0.2, -0.15) is 5.26 Å². The SMILES string of the molecule is CN(C)c1cccn2c(CCN)nc(C#N)c12. The van der Waals surface area contributed by atoms with E-state index in [1.165, 1.54) is 0 Å². The summed E-state index contributed by atoms with van der Waals surface area (Å²) in [5.74, 6) is 0.836. The van der Waals surface area contributed by atoms with E-state index in [-0.39, 0.29) is 0 Å². The highest BCUT2D eigenvalue weighted by atomic mass is 15.1. The molecule has 2 aromatic heterocycles. The Balaban J connectivity index is 2.76. The normalized spacial score (nSPS) is 10.5. The fraction of sp³-hybridized carbons (Fsp3) is 0.333. The fourth-order valence-electron chi connectivity index (χ4n) is 1.93. The standard InChI is InChI=1S/C12H15N5/c1-16(2)10-4-3-7-17-11(5-6-13)15-9(8-14)12(10)17/h3-4,7H,5-6,13H2,1-2H3. The van der Waals surface area contributed by atoms with E-state index < -0.39 is 0 Å². The second kappa shape index (κ2) is 4.44. The van der Waals surface area contributed by atoms with Crippen molar-refractivity contribution in [2.24, 2.45) is 5.73 Å². The molecular formula is C12H15N5. The molecule has 0 saturated heterocycles. The molecule has 0 radical (unpaired) electrons. The average Bonchev–Trinajstić information content (AvgIpc) is 2.68. The third-order valence-corrected chi connectivity index (χ3v) is 2.67.